The van der Waals surface area contributed by atoms with E-state index in [1.807, 2.05) is 24.0 Å². The van der Waals surface area contributed by atoms with Crippen LogP contribution in [0.15, 0.2) is 12.1 Å². The van der Waals surface area contributed by atoms with Crippen LogP contribution < -0.4 is 4.90 Å². The number of alkyl halides is 2. The summed E-state index contributed by atoms with van der Waals surface area (Å²) in [5, 5.41) is 18.1. The molecule has 1 aliphatic heterocycles. The maximum Gasteiger partial charge on any atom is 0.352 e. The highest BCUT2D eigenvalue weighted by molar-refractivity contribution is 5.85. The molecule has 0 unspecified atom stereocenters. The molecule has 1 aromatic heterocycles. The van der Waals surface area contributed by atoms with Gasteiger partial charge in [0.15, 0.2) is 5.82 Å². The molecule has 2 fully saturated rings. The van der Waals surface area contributed by atoms with Crippen LogP contribution in [0.5, 0.6) is 0 Å². The Kier molecular flexibility index (Phi) is 4.42. The molecule has 1 saturated heterocycles. The van der Waals surface area contributed by atoms with Crippen molar-refractivity contribution in [3.8, 4) is 0 Å². The fourth-order valence-electron chi connectivity index (χ4n) is 3.13. The van der Waals surface area contributed by atoms with E-state index in [0.717, 1.165) is 10.6 Å². The summed E-state index contributed by atoms with van der Waals surface area (Å²) in [5.41, 5.74) is -1.36. The van der Waals surface area contributed by atoms with Crippen LogP contribution in [0.1, 0.15) is 31.4 Å². The zero-order valence-corrected chi connectivity index (χ0v) is 13.7. The third kappa shape index (κ3) is 2.94. The maximum absolute atomic E-state index is 14.4. The van der Waals surface area contributed by atoms with Crippen LogP contribution in [0, 0.1) is 6.92 Å². The van der Waals surface area contributed by atoms with Crippen LogP contribution >= 0.6 is 0 Å². The standard InChI is InChI=1S/C16H22F2N4O2/c1-12-4-5-13(20-19-12)21-8-3-9-22(11-10-21)14(23)16(17,18)15(24)6-2-7-15/h4-5,24H,2-3,6-11H2,1H3. The summed E-state index contributed by atoms with van der Waals surface area (Å²) < 4.78 is 28.7. The van der Waals surface area contributed by atoms with Gasteiger partial charge in [0.2, 0.25) is 0 Å². The highest BCUT2D eigenvalue weighted by atomic mass is 19.3. The largest absolute Gasteiger partial charge is 0.383 e. The highest BCUT2D eigenvalue weighted by Crippen LogP contribution is 2.45. The SMILES string of the molecule is Cc1ccc(N2CCCN(C(=O)C(F)(F)C3(O)CCC3)CC2)nn1. The van der Waals surface area contributed by atoms with Gasteiger partial charge in [-0.25, -0.2) is 0 Å². The molecule has 2 heterocycles. The molecule has 3 rings (SSSR count). The third-order valence-electron chi connectivity index (χ3n) is 4.92. The van der Waals surface area contributed by atoms with Gasteiger partial charge in [-0.05, 0) is 44.7 Å². The van der Waals surface area contributed by atoms with Crippen LogP contribution in [-0.4, -0.2) is 63.8 Å². The topological polar surface area (TPSA) is 69.6 Å². The van der Waals surface area contributed by atoms with Crippen molar-refractivity contribution in [3.63, 3.8) is 0 Å². The molecule has 0 aromatic carbocycles. The number of hydrogen-bond acceptors (Lipinski definition) is 5. The highest BCUT2D eigenvalue weighted by Gasteiger charge is 2.62. The van der Waals surface area contributed by atoms with Crippen LogP contribution in [0.2, 0.25) is 0 Å². The fraction of sp³-hybridized carbons (Fsp3) is 0.688. The smallest absolute Gasteiger partial charge is 0.352 e. The lowest BCUT2D eigenvalue weighted by Gasteiger charge is -2.43. The van der Waals surface area contributed by atoms with Gasteiger partial charge in [0, 0.05) is 26.2 Å². The van der Waals surface area contributed by atoms with Crippen molar-refractivity contribution in [2.75, 3.05) is 31.1 Å². The number of halogens is 2. The predicted octanol–water partition coefficient (Wildman–Crippen LogP) is 1.37. The van der Waals surface area contributed by atoms with Crippen molar-refractivity contribution in [1.29, 1.82) is 0 Å². The van der Waals surface area contributed by atoms with E-state index in [1.54, 1.807) is 0 Å². The van der Waals surface area contributed by atoms with Gasteiger partial charge in [0.05, 0.1) is 5.69 Å². The summed E-state index contributed by atoms with van der Waals surface area (Å²) in [5.74, 6) is -4.30. The third-order valence-corrected chi connectivity index (χ3v) is 4.92. The first-order valence-electron chi connectivity index (χ1n) is 8.28. The van der Waals surface area contributed by atoms with Crippen molar-refractivity contribution in [1.82, 2.24) is 15.1 Å². The number of carbonyl (C=O) groups is 1. The predicted molar refractivity (Wildman–Crippen MR) is 83.9 cm³/mol. The molecular weight excluding hydrogens is 318 g/mol. The van der Waals surface area contributed by atoms with Crippen LogP contribution in [0.3, 0.4) is 0 Å². The monoisotopic (exact) mass is 340 g/mol. The van der Waals surface area contributed by atoms with Crippen molar-refractivity contribution in [2.24, 2.45) is 0 Å². The molecule has 1 aliphatic carbocycles. The van der Waals surface area contributed by atoms with Gasteiger partial charge in [-0.1, -0.05) is 0 Å². The van der Waals surface area contributed by atoms with Crippen molar-refractivity contribution in [3.05, 3.63) is 17.8 Å². The molecule has 1 N–H and O–H groups in total. The maximum atomic E-state index is 14.4. The van der Waals surface area contributed by atoms with Crippen molar-refractivity contribution < 1.29 is 18.7 Å². The van der Waals surface area contributed by atoms with Crippen LogP contribution in [0.25, 0.3) is 0 Å². The number of aliphatic hydroxyl groups is 1. The molecule has 1 amide bonds. The fourth-order valence-corrected chi connectivity index (χ4v) is 3.13. The molecule has 0 bridgehead atoms. The minimum Gasteiger partial charge on any atom is -0.383 e. The summed E-state index contributed by atoms with van der Waals surface area (Å²) in [4.78, 5) is 15.4. The number of hydrogen-bond donors (Lipinski definition) is 1. The average Bonchev–Trinajstić information content (AvgIpc) is 2.78. The van der Waals surface area contributed by atoms with E-state index >= 15 is 0 Å². The summed E-state index contributed by atoms with van der Waals surface area (Å²) in [6, 6.07) is 3.68. The van der Waals surface area contributed by atoms with Gasteiger partial charge in [-0.2, -0.15) is 13.9 Å². The molecule has 0 spiro atoms. The Labute approximate surface area is 139 Å². The second kappa shape index (κ2) is 6.23. The number of aryl methyl sites for hydroxylation is 1. The Bertz CT molecular complexity index is 605. The summed E-state index contributed by atoms with van der Waals surface area (Å²) in [6.45, 7) is 3.31. The Balaban J connectivity index is 1.67. The van der Waals surface area contributed by atoms with E-state index in [2.05, 4.69) is 10.2 Å². The minimum atomic E-state index is -3.72. The van der Waals surface area contributed by atoms with E-state index in [-0.39, 0.29) is 25.9 Å². The van der Waals surface area contributed by atoms with E-state index in [1.165, 1.54) is 0 Å². The second-order valence-electron chi connectivity index (χ2n) is 6.63. The first-order valence-corrected chi connectivity index (χ1v) is 8.28. The molecule has 1 saturated carbocycles. The number of carbonyl (C=O) groups excluding carboxylic acids is 1. The molecule has 8 heteroatoms. The lowest BCUT2D eigenvalue weighted by Crippen LogP contribution is -2.61. The Morgan fingerprint density at radius 1 is 1.17 bits per heavy atom. The first kappa shape index (κ1) is 17.0. The molecule has 132 valence electrons. The first-order chi connectivity index (χ1) is 11.3. The lowest BCUT2D eigenvalue weighted by atomic mass is 9.75. The number of nitrogens with zero attached hydrogens (tertiary/aromatic N) is 4. The molecular formula is C16H22F2N4O2. The van der Waals surface area contributed by atoms with E-state index in [4.69, 9.17) is 0 Å². The molecule has 2 aliphatic rings. The van der Waals surface area contributed by atoms with Gasteiger partial charge >= 0.3 is 5.92 Å². The summed E-state index contributed by atoms with van der Waals surface area (Å²) >= 11 is 0. The van der Waals surface area contributed by atoms with E-state index in [9.17, 15) is 18.7 Å². The van der Waals surface area contributed by atoms with Gasteiger partial charge in [0.1, 0.15) is 5.60 Å². The number of anilines is 1. The Hall–Kier alpha value is -1.83. The van der Waals surface area contributed by atoms with Gasteiger partial charge in [-0.3, -0.25) is 4.79 Å². The van der Waals surface area contributed by atoms with Gasteiger partial charge < -0.3 is 14.9 Å². The minimum absolute atomic E-state index is 0.0232. The van der Waals surface area contributed by atoms with E-state index in [0.29, 0.717) is 31.7 Å². The second-order valence-corrected chi connectivity index (χ2v) is 6.63. The molecule has 0 radical (unpaired) electrons. The summed E-state index contributed by atoms with van der Waals surface area (Å²) in [7, 11) is 0. The zero-order valence-electron chi connectivity index (χ0n) is 13.7. The Morgan fingerprint density at radius 3 is 2.50 bits per heavy atom. The molecule has 0 atom stereocenters. The van der Waals surface area contributed by atoms with Crippen LogP contribution in [-0.2, 0) is 4.79 Å². The Morgan fingerprint density at radius 2 is 1.92 bits per heavy atom. The lowest BCUT2D eigenvalue weighted by molar-refractivity contribution is -0.223. The number of rotatable bonds is 3. The summed E-state index contributed by atoms with van der Waals surface area (Å²) in [6.07, 6.45) is 1.05. The number of aromatic nitrogens is 2. The van der Waals surface area contributed by atoms with Crippen LogP contribution in [0.4, 0.5) is 14.6 Å². The normalized spacial score (nSPS) is 21.2. The van der Waals surface area contributed by atoms with Gasteiger partial charge in [-0.15, -0.1) is 5.10 Å². The average molecular weight is 340 g/mol. The molecule has 1 aromatic rings. The quantitative estimate of drug-likeness (QED) is 0.900. The van der Waals surface area contributed by atoms with Gasteiger partial charge in [0.25, 0.3) is 5.91 Å². The number of amides is 1. The zero-order chi connectivity index (χ0) is 17.4. The molecule has 24 heavy (non-hydrogen) atoms. The van der Waals surface area contributed by atoms with Crippen molar-refractivity contribution in [2.45, 2.75) is 44.1 Å². The molecule has 6 nitrogen and oxygen atoms in total. The van der Waals surface area contributed by atoms with Crippen molar-refractivity contribution >= 4 is 11.7 Å². The van der Waals surface area contributed by atoms with E-state index < -0.39 is 17.4 Å².